The number of nitriles is 1. The van der Waals surface area contributed by atoms with Crippen molar-refractivity contribution in [3.8, 4) is 17.6 Å². The van der Waals surface area contributed by atoms with Gasteiger partial charge in [0.2, 0.25) is 17.7 Å². The van der Waals surface area contributed by atoms with E-state index in [1.54, 1.807) is 38.5 Å². The molecule has 4 aromatic carbocycles. The highest BCUT2D eigenvalue weighted by atomic mass is 16.5. The number of nitrogens with zero attached hydrogens (tertiary/aromatic N) is 2. The van der Waals surface area contributed by atoms with E-state index in [-0.39, 0.29) is 25.3 Å². The highest BCUT2D eigenvalue weighted by Crippen LogP contribution is 2.39. The molecule has 8 N–H and O–H groups in total. The number of carbonyl (C=O) groups excluding carboxylic acids is 3. The number of rotatable bonds is 18. The van der Waals surface area contributed by atoms with Crippen molar-refractivity contribution in [1.82, 2.24) is 20.9 Å². The molecule has 0 spiro atoms. The van der Waals surface area contributed by atoms with Gasteiger partial charge < -0.3 is 36.5 Å². The zero-order valence-electron chi connectivity index (χ0n) is 30.1. The second kappa shape index (κ2) is 18.7. The lowest BCUT2D eigenvalue weighted by Gasteiger charge is -2.40. The van der Waals surface area contributed by atoms with Crippen LogP contribution in [0.1, 0.15) is 40.7 Å². The van der Waals surface area contributed by atoms with Gasteiger partial charge in [-0.15, -0.1) is 0 Å². The lowest BCUT2D eigenvalue weighted by molar-refractivity contribution is -0.138. The quantitative estimate of drug-likeness (QED) is 0.0386. The molecule has 53 heavy (non-hydrogen) atoms. The number of carbonyl (C=O) groups is 3. The van der Waals surface area contributed by atoms with Gasteiger partial charge in [0.1, 0.15) is 17.5 Å². The predicted molar refractivity (Wildman–Crippen MR) is 202 cm³/mol. The molecule has 13 nitrogen and oxygen atoms in total. The summed E-state index contributed by atoms with van der Waals surface area (Å²) in [4.78, 5) is 41.5. The van der Waals surface area contributed by atoms with Crippen molar-refractivity contribution < 1.29 is 23.9 Å². The number of nitrogens with one attached hydrogen (secondary N) is 4. The number of hydrogen-bond acceptors (Lipinski definition) is 8. The van der Waals surface area contributed by atoms with E-state index in [0.29, 0.717) is 35.6 Å². The molecular weight excluding hydrogens is 672 g/mol. The lowest BCUT2D eigenvalue weighted by Crippen LogP contribution is -2.58. The van der Waals surface area contributed by atoms with E-state index >= 15 is 0 Å². The summed E-state index contributed by atoms with van der Waals surface area (Å²) in [7, 11) is 4.63. The Bertz CT molecular complexity index is 1830. The normalized spacial score (nSPS) is 12.0. The van der Waals surface area contributed by atoms with Gasteiger partial charge in [-0.3, -0.25) is 25.1 Å². The van der Waals surface area contributed by atoms with E-state index in [2.05, 4.69) is 22.0 Å². The number of benzene rings is 4. The van der Waals surface area contributed by atoms with Gasteiger partial charge in [-0.05, 0) is 71.5 Å². The molecule has 0 aliphatic rings. The molecule has 13 heteroatoms. The van der Waals surface area contributed by atoms with Gasteiger partial charge in [-0.25, -0.2) is 0 Å². The van der Waals surface area contributed by atoms with Gasteiger partial charge in [0.05, 0.1) is 44.0 Å². The molecule has 0 bridgehead atoms. The van der Waals surface area contributed by atoms with E-state index in [1.807, 2.05) is 78.9 Å². The summed E-state index contributed by atoms with van der Waals surface area (Å²) in [5, 5.41) is 26.4. The van der Waals surface area contributed by atoms with E-state index in [4.69, 9.17) is 26.4 Å². The molecule has 0 radical (unpaired) electrons. The minimum absolute atomic E-state index is 0.0821. The van der Waals surface area contributed by atoms with Gasteiger partial charge >= 0.3 is 0 Å². The fourth-order valence-electron chi connectivity index (χ4n) is 6.18. The average Bonchev–Trinajstić information content (AvgIpc) is 3.17. The second-order valence-electron chi connectivity index (χ2n) is 12.5. The summed E-state index contributed by atoms with van der Waals surface area (Å²) in [5.74, 6) is -0.584. The lowest BCUT2D eigenvalue weighted by atomic mass is 9.76. The first-order valence-corrected chi connectivity index (χ1v) is 17.0. The molecule has 0 aromatic heterocycles. The smallest absolute Gasteiger partial charge is 0.245 e. The average molecular weight is 719 g/mol. The molecular formula is C40H46N8O5. The molecule has 2 atom stereocenters. The Balaban J connectivity index is 1.84. The molecule has 4 aromatic rings. The van der Waals surface area contributed by atoms with Crippen molar-refractivity contribution in [2.24, 2.45) is 11.5 Å². The minimum atomic E-state index is -1.12. The third kappa shape index (κ3) is 10.3. The minimum Gasteiger partial charge on any atom is -0.497 e. The predicted octanol–water partition coefficient (Wildman–Crippen LogP) is 2.76. The van der Waals surface area contributed by atoms with Gasteiger partial charge in [0, 0.05) is 20.0 Å². The molecule has 4 rings (SSSR count). The number of guanidine groups is 1. The molecule has 0 saturated heterocycles. The van der Waals surface area contributed by atoms with Crippen LogP contribution >= 0.6 is 0 Å². The molecule has 3 amide bonds. The second-order valence-corrected chi connectivity index (χ2v) is 12.5. The summed E-state index contributed by atoms with van der Waals surface area (Å²) >= 11 is 0. The monoisotopic (exact) mass is 718 g/mol. The maximum atomic E-state index is 14.7. The highest BCUT2D eigenvalue weighted by molar-refractivity contribution is 5.92. The molecule has 0 aliphatic carbocycles. The van der Waals surface area contributed by atoms with Gasteiger partial charge in [-0.1, -0.05) is 66.7 Å². The number of likely N-dealkylation sites (N-methyl/N-ethyl adjacent to an activating group) is 1. The van der Waals surface area contributed by atoms with Crippen LogP contribution < -0.4 is 36.9 Å². The largest absolute Gasteiger partial charge is 0.497 e. The number of hydrogen-bond donors (Lipinski definition) is 6. The van der Waals surface area contributed by atoms with E-state index in [1.165, 1.54) is 11.9 Å². The zero-order chi connectivity index (χ0) is 38.4. The Morgan fingerprint density at radius 2 is 1.38 bits per heavy atom. The number of primary amides is 1. The molecule has 0 saturated carbocycles. The van der Waals surface area contributed by atoms with Crippen LogP contribution in [0, 0.1) is 16.7 Å². The fraction of sp³-hybridized carbons (Fsp3) is 0.275. The summed E-state index contributed by atoms with van der Waals surface area (Å²) in [5.41, 5.74) is 13.5. The Morgan fingerprint density at radius 3 is 1.87 bits per heavy atom. The number of methoxy groups -OCH3 is 2. The third-order valence-electron chi connectivity index (χ3n) is 8.85. The van der Waals surface area contributed by atoms with Gasteiger partial charge in [0.15, 0.2) is 5.96 Å². The van der Waals surface area contributed by atoms with Crippen LogP contribution in [0.15, 0.2) is 103 Å². The Hall–Kier alpha value is -6.39. The Labute approximate surface area is 309 Å². The van der Waals surface area contributed by atoms with Crippen LogP contribution in [-0.4, -0.2) is 75.0 Å². The number of amides is 3. The van der Waals surface area contributed by atoms with Crippen molar-refractivity contribution >= 4 is 23.7 Å². The van der Waals surface area contributed by atoms with E-state index in [0.717, 1.165) is 16.7 Å². The fourth-order valence-corrected chi connectivity index (χ4v) is 6.18. The maximum absolute atomic E-state index is 14.7. The molecule has 0 fully saturated rings. The van der Waals surface area contributed by atoms with E-state index < -0.39 is 35.3 Å². The van der Waals surface area contributed by atoms with Crippen LogP contribution in [-0.2, 0) is 26.3 Å². The van der Waals surface area contributed by atoms with Crippen LogP contribution in [0.2, 0.25) is 0 Å². The summed E-state index contributed by atoms with van der Waals surface area (Å²) in [6.07, 6.45) is 0.775. The van der Waals surface area contributed by atoms with Crippen LogP contribution in [0.25, 0.3) is 0 Å². The van der Waals surface area contributed by atoms with Gasteiger partial charge in [0.25, 0.3) is 0 Å². The van der Waals surface area contributed by atoms with Crippen molar-refractivity contribution in [1.29, 1.82) is 10.7 Å². The van der Waals surface area contributed by atoms with Crippen molar-refractivity contribution in [2.45, 2.75) is 36.9 Å². The zero-order valence-corrected chi connectivity index (χ0v) is 30.1. The van der Waals surface area contributed by atoms with Crippen molar-refractivity contribution in [2.75, 3.05) is 34.4 Å². The van der Waals surface area contributed by atoms with E-state index in [9.17, 15) is 19.6 Å². The van der Waals surface area contributed by atoms with Gasteiger partial charge in [-0.2, -0.15) is 5.26 Å². The summed E-state index contributed by atoms with van der Waals surface area (Å²) in [6.45, 7) is -0.0256. The molecule has 0 unspecified atom stereocenters. The third-order valence-corrected chi connectivity index (χ3v) is 8.85. The first-order chi connectivity index (χ1) is 25.5. The topological polar surface area (TPSA) is 209 Å². The highest BCUT2D eigenvalue weighted by Gasteiger charge is 2.40. The summed E-state index contributed by atoms with van der Waals surface area (Å²) in [6, 6.07) is 31.6. The van der Waals surface area contributed by atoms with Crippen LogP contribution in [0.5, 0.6) is 11.5 Å². The first kappa shape index (κ1) is 39.4. The SMILES string of the molecule is COc1ccc(C(N[C@H](CCCNC(=N)N)C(=O)N[C@@H](Cc2ccc(C#N)cc2)C(=O)N(C)CC(N)=O)(c2ccccc2)c2ccc(OC)cc2)cc1. The maximum Gasteiger partial charge on any atom is 0.245 e. The number of nitrogens with two attached hydrogens (primary N) is 2. The van der Waals surface area contributed by atoms with Crippen LogP contribution in [0.3, 0.4) is 0 Å². The van der Waals surface area contributed by atoms with Crippen molar-refractivity contribution in [3.63, 3.8) is 0 Å². The Kier molecular flexibility index (Phi) is 13.9. The first-order valence-electron chi connectivity index (χ1n) is 17.0. The number of ether oxygens (including phenoxy) is 2. The van der Waals surface area contributed by atoms with Crippen LogP contribution in [0.4, 0.5) is 0 Å². The molecule has 0 heterocycles. The van der Waals surface area contributed by atoms with Crippen molar-refractivity contribution in [3.05, 3.63) is 131 Å². The Morgan fingerprint density at radius 1 is 0.830 bits per heavy atom. The molecule has 0 aliphatic heterocycles. The molecule has 276 valence electrons. The standard InChI is InChI=1S/C40H46N8O5/c1-48(26-36(42)49)38(51)35(24-27-11-13-28(25-41)14-12-27)46-37(50)34(10-7-23-45-39(43)44)47-40(29-8-5-4-6-9-29,30-15-19-32(52-2)20-16-30)31-17-21-33(53-3)22-18-31/h4-6,8-9,11-22,34-35,47H,7,10,23-24,26H2,1-3H3,(H2,42,49)(H,46,50)(H4,43,44,45)/t34-,35+/m1/s1. The summed E-state index contributed by atoms with van der Waals surface area (Å²) < 4.78 is 11.0.